The molecule has 2 rings (SSSR count). The number of halogens is 1. The first-order chi connectivity index (χ1) is 10.6. The van der Waals surface area contributed by atoms with Crippen LogP contribution >= 0.6 is 23.8 Å². The van der Waals surface area contributed by atoms with Crippen molar-refractivity contribution >= 4 is 40.6 Å². The average Bonchev–Trinajstić information content (AvgIpc) is 2.50. The first kappa shape index (κ1) is 16.3. The minimum Gasteiger partial charge on any atom is -0.358 e. The molecule has 114 valence electrons. The zero-order valence-electron chi connectivity index (χ0n) is 12.1. The molecule has 0 unspecified atom stereocenters. The van der Waals surface area contributed by atoms with E-state index >= 15 is 0 Å². The SMILES string of the molecule is Cc1cccc(Cl)c1NC(=N)NC(=S)NCc1ccccc1. The van der Waals surface area contributed by atoms with Crippen molar-refractivity contribution in [2.45, 2.75) is 13.5 Å². The van der Waals surface area contributed by atoms with E-state index in [1.54, 1.807) is 6.07 Å². The summed E-state index contributed by atoms with van der Waals surface area (Å²) >= 11 is 11.3. The van der Waals surface area contributed by atoms with E-state index in [1.807, 2.05) is 49.4 Å². The summed E-state index contributed by atoms with van der Waals surface area (Å²) in [5.41, 5.74) is 2.78. The average molecular weight is 333 g/mol. The van der Waals surface area contributed by atoms with Crippen LogP contribution in [0.2, 0.25) is 5.02 Å². The van der Waals surface area contributed by atoms with E-state index in [-0.39, 0.29) is 5.96 Å². The maximum Gasteiger partial charge on any atom is 0.199 e. The molecular weight excluding hydrogens is 316 g/mol. The van der Waals surface area contributed by atoms with Crippen LogP contribution in [0.5, 0.6) is 0 Å². The Morgan fingerprint density at radius 1 is 1.14 bits per heavy atom. The Bertz CT molecular complexity index is 653. The van der Waals surface area contributed by atoms with Crippen LogP contribution in [0.3, 0.4) is 0 Å². The Balaban J connectivity index is 1.85. The number of para-hydroxylation sites is 1. The van der Waals surface area contributed by atoms with Gasteiger partial charge in [-0.1, -0.05) is 54.1 Å². The van der Waals surface area contributed by atoms with Gasteiger partial charge in [-0.25, -0.2) is 0 Å². The van der Waals surface area contributed by atoms with E-state index in [0.29, 0.717) is 22.4 Å². The molecule has 0 radical (unpaired) electrons. The number of benzene rings is 2. The van der Waals surface area contributed by atoms with Gasteiger partial charge in [-0.15, -0.1) is 0 Å². The van der Waals surface area contributed by atoms with E-state index in [0.717, 1.165) is 11.1 Å². The lowest BCUT2D eigenvalue weighted by Gasteiger charge is -2.15. The third kappa shape index (κ3) is 4.72. The molecule has 0 aliphatic carbocycles. The second-order valence-electron chi connectivity index (χ2n) is 4.73. The number of aryl methyl sites for hydroxylation is 1. The Hall–Kier alpha value is -2.11. The predicted molar refractivity (Wildman–Crippen MR) is 96.6 cm³/mol. The van der Waals surface area contributed by atoms with Gasteiger partial charge in [-0.3, -0.25) is 5.41 Å². The lowest BCUT2D eigenvalue weighted by molar-refractivity contribution is 0.905. The van der Waals surface area contributed by atoms with Gasteiger partial charge in [0.15, 0.2) is 11.1 Å². The van der Waals surface area contributed by atoms with Crippen LogP contribution in [0.4, 0.5) is 5.69 Å². The van der Waals surface area contributed by atoms with Gasteiger partial charge in [-0.05, 0) is 36.3 Å². The van der Waals surface area contributed by atoms with Crippen LogP contribution in [0.1, 0.15) is 11.1 Å². The predicted octanol–water partition coefficient (Wildman–Crippen LogP) is 3.66. The number of hydrogen-bond donors (Lipinski definition) is 4. The van der Waals surface area contributed by atoms with Crippen LogP contribution < -0.4 is 16.0 Å². The van der Waals surface area contributed by atoms with E-state index in [9.17, 15) is 0 Å². The van der Waals surface area contributed by atoms with Gasteiger partial charge < -0.3 is 16.0 Å². The Kier molecular flexibility index (Phi) is 5.75. The first-order valence-electron chi connectivity index (χ1n) is 6.75. The molecule has 4 N–H and O–H groups in total. The quantitative estimate of drug-likeness (QED) is 0.393. The molecule has 22 heavy (non-hydrogen) atoms. The molecule has 0 spiro atoms. The minimum atomic E-state index is 0.0711. The first-order valence-corrected chi connectivity index (χ1v) is 7.54. The van der Waals surface area contributed by atoms with Gasteiger partial charge >= 0.3 is 0 Å². The van der Waals surface area contributed by atoms with Gasteiger partial charge in [0.25, 0.3) is 0 Å². The summed E-state index contributed by atoms with van der Waals surface area (Å²) in [6, 6.07) is 15.5. The molecule has 0 fully saturated rings. The van der Waals surface area contributed by atoms with Gasteiger partial charge in [-0.2, -0.15) is 0 Å². The van der Waals surface area contributed by atoms with Gasteiger partial charge in [0.1, 0.15) is 0 Å². The topological polar surface area (TPSA) is 59.9 Å². The zero-order valence-corrected chi connectivity index (χ0v) is 13.7. The second-order valence-corrected chi connectivity index (χ2v) is 5.54. The molecule has 0 aliphatic heterocycles. The zero-order chi connectivity index (χ0) is 15.9. The normalized spacial score (nSPS) is 9.91. The monoisotopic (exact) mass is 332 g/mol. The number of nitrogens with one attached hydrogen (secondary N) is 4. The van der Waals surface area contributed by atoms with Crippen molar-refractivity contribution in [2.24, 2.45) is 0 Å². The molecule has 2 aromatic rings. The van der Waals surface area contributed by atoms with E-state index in [2.05, 4.69) is 16.0 Å². The molecule has 0 saturated carbocycles. The third-order valence-corrected chi connectivity index (χ3v) is 3.57. The summed E-state index contributed by atoms with van der Waals surface area (Å²) < 4.78 is 0. The largest absolute Gasteiger partial charge is 0.358 e. The van der Waals surface area contributed by atoms with Crippen molar-refractivity contribution in [3.05, 3.63) is 64.7 Å². The molecule has 0 amide bonds. The lowest BCUT2D eigenvalue weighted by Crippen LogP contribution is -2.41. The molecular formula is C16H17ClN4S. The summed E-state index contributed by atoms with van der Waals surface area (Å²) in [5.74, 6) is 0.0711. The van der Waals surface area contributed by atoms with Crippen LogP contribution in [-0.2, 0) is 6.54 Å². The molecule has 0 heterocycles. The van der Waals surface area contributed by atoms with Crippen LogP contribution in [0, 0.1) is 12.3 Å². The van der Waals surface area contributed by atoms with Crippen molar-refractivity contribution < 1.29 is 0 Å². The smallest absolute Gasteiger partial charge is 0.199 e. The lowest BCUT2D eigenvalue weighted by atomic mass is 10.2. The fraction of sp³-hybridized carbons (Fsp3) is 0.125. The fourth-order valence-corrected chi connectivity index (χ4v) is 2.33. The summed E-state index contributed by atoms with van der Waals surface area (Å²) in [7, 11) is 0. The number of anilines is 1. The maximum atomic E-state index is 7.92. The molecule has 0 saturated heterocycles. The van der Waals surface area contributed by atoms with Crippen molar-refractivity contribution in [3.8, 4) is 0 Å². The Labute approximate surface area is 140 Å². The van der Waals surface area contributed by atoms with Crippen molar-refractivity contribution in [1.82, 2.24) is 10.6 Å². The molecule has 0 aromatic heterocycles. The minimum absolute atomic E-state index is 0.0711. The van der Waals surface area contributed by atoms with Gasteiger partial charge in [0, 0.05) is 6.54 Å². The van der Waals surface area contributed by atoms with Crippen LogP contribution in [-0.4, -0.2) is 11.1 Å². The van der Waals surface area contributed by atoms with Gasteiger partial charge in [0.05, 0.1) is 10.7 Å². The molecule has 2 aromatic carbocycles. The fourth-order valence-electron chi connectivity index (χ4n) is 1.88. The highest BCUT2D eigenvalue weighted by atomic mass is 35.5. The highest BCUT2D eigenvalue weighted by Crippen LogP contribution is 2.24. The van der Waals surface area contributed by atoms with Gasteiger partial charge in [0.2, 0.25) is 0 Å². The summed E-state index contributed by atoms with van der Waals surface area (Å²) in [4.78, 5) is 0. The highest BCUT2D eigenvalue weighted by Gasteiger charge is 2.06. The highest BCUT2D eigenvalue weighted by molar-refractivity contribution is 7.80. The Morgan fingerprint density at radius 3 is 2.55 bits per heavy atom. The van der Waals surface area contributed by atoms with Crippen LogP contribution in [0.25, 0.3) is 0 Å². The van der Waals surface area contributed by atoms with Crippen molar-refractivity contribution in [2.75, 3.05) is 5.32 Å². The summed E-state index contributed by atoms with van der Waals surface area (Å²) in [6.07, 6.45) is 0. The maximum absolute atomic E-state index is 7.92. The second kappa shape index (κ2) is 7.77. The van der Waals surface area contributed by atoms with E-state index in [4.69, 9.17) is 29.2 Å². The molecule has 0 aliphatic rings. The molecule has 0 atom stereocenters. The van der Waals surface area contributed by atoms with Crippen molar-refractivity contribution in [3.63, 3.8) is 0 Å². The number of rotatable bonds is 3. The number of thiocarbonyl (C=S) groups is 1. The number of guanidine groups is 1. The Morgan fingerprint density at radius 2 is 1.86 bits per heavy atom. The summed E-state index contributed by atoms with van der Waals surface area (Å²) in [6.45, 7) is 2.53. The van der Waals surface area contributed by atoms with E-state index < -0.39 is 0 Å². The molecule has 6 heteroatoms. The van der Waals surface area contributed by atoms with Crippen molar-refractivity contribution in [1.29, 1.82) is 5.41 Å². The molecule has 4 nitrogen and oxygen atoms in total. The number of hydrogen-bond acceptors (Lipinski definition) is 2. The molecule has 0 bridgehead atoms. The van der Waals surface area contributed by atoms with E-state index in [1.165, 1.54) is 0 Å². The summed E-state index contributed by atoms with van der Waals surface area (Å²) in [5, 5.41) is 17.6. The standard InChI is InChI=1S/C16H17ClN4S/c1-11-6-5-9-13(17)14(11)20-15(18)21-16(22)19-10-12-7-3-2-4-8-12/h2-9H,10H2,1H3,(H4,18,19,20,21,22). The third-order valence-electron chi connectivity index (χ3n) is 3.01. The van der Waals surface area contributed by atoms with Crippen LogP contribution in [0.15, 0.2) is 48.5 Å².